The van der Waals surface area contributed by atoms with Gasteiger partial charge in [-0.2, -0.15) is 19.5 Å². The first-order valence-electron chi connectivity index (χ1n) is 12.1. The molecule has 1 saturated heterocycles. The minimum atomic E-state index is -0.621. The molecule has 1 aromatic carbocycles. The highest BCUT2D eigenvalue weighted by Crippen LogP contribution is 2.23. The molecule has 1 amide bonds. The molecule has 1 fully saturated rings. The molecule has 4 aromatic rings. The van der Waals surface area contributed by atoms with Gasteiger partial charge in [-0.3, -0.25) is 4.79 Å². The molecule has 4 heterocycles. The second kappa shape index (κ2) is 10.4. The van der Waals surface area contributed by atoms with Gasteiger partial charge in [-0.1, -0.05) is 19.8 Å². The van der Waals surface area contributed by atoms with E-state index in [0.29, 0.717) is 49.9 Å². The molecule has 0 unspecified atom stereocenters. The van der Waals surface area contributed by atoms with Gasteiger partial charge in [-0.25, -0.2) is 8.78 Å². The van der Waals surface area contributed by atoms with Crippen LogP contribution in [0.3, 0.4) is 0 Å². The number of rotatable bonds is 8. The molecule has 1 aliphatic rings. The number of nitrogens with two attached hydrogens (primary N) is 1. The van der Waals surface area contributed by atoms with E-state index in [0.717, 1.165) is 18.9 Å². The molecule has 0 bridgehead atoms. The average Bonchev–Trinajstić information content (AvgIpc) is 3.57. The number of nitrogen functional groups attached to an aromatic ring is 1. The molecule has 0 saturated carbocycles. The van der Waals surface area contributed by atoms with E-state index >= 15 is 0 Å². The van der Waals surface area contributed by atoms with Crippen LogP contribution < -0.4 is 16.0 Å². The number of halogens is 2. The number of hydrogen-bond acceptors (Lipinski definition) is 9. The summed E-state index contributed by atoms with van der Waals surface area (Å²) in [5.41, 5.74) is 6.42. The summed E-state index contributed by atoms with van der Waals surface area (Å²) in [6.45, 7) is 3.71. The van der Waals surface area contributed by atoms with Gasteiger partial charge in [0, 0.05) is 32.2 Å². The lowest BCUT2D eigenvalue weighted by Crippen LogP contribution is -2.53. The number of benzene rings is 1. The van der Waals surface area contributed by atoms with Gasteiger partial charge in [0.05, 0.1) is 12.0 Å². The van der Waals surface area contributed by atoms with Gasteiger partial charge in [0.15, 0.2) is 5.76 Å². The summed E-state index contributed by atoms with van der Waals surface area (Å²) in [6, 6.07) is 6.39. The maximum Gasteiger partial charge on any atom is 0.259 e. The lowest BCUT2D eigenvalue weighted by Gasteiger charge is -2.37. The molecule has 37 heavy (non-hydrogen) atoms. The number of furan rings is 1. The summed E-state index contributed by atoms with van der Waals surface area (Å²) in [5.74, 6) is -0.0996. The summed E-state index contributed by atoms with van der Waals surface area (Å²) in [4.78, 5) is 30.0. The number of nitrogens with zero attached hydrogens (tertiary/aromatic N) is 7. The van der Waals surface area contributed by atoms with Crippen molar-refractivity contribution in [2.75, 3.05) is 42.1 Å². The number of fused-ring (bicyclic) bond motifs is 1. The minimum absolute atomic E-state index is 0.0643. The maximum absolute atomic E-state index is 14.2. The number of amides is 1. The topological polar surface area (TPSA) is 131 Å². The van der Waals surface area contributed by atoms with Crippen molar-refractivity contribution in [3.8, 4) is 11.6 Å². The van der Waals surface area contributed by atoms with E-state index in [2.05, 4.69) is 25.4 Å². The van der Waals surface area contributed by atoms with Gasteiger partial charge < -0.3 is 25.3 Å². The third-order valence-electron chi connectivity index (χ3n) is 6.26. The number of unbranched alkanes of at least 4 members (excludes halogenated alkanes) is 1. The molecule has 194 valence electrons. The van der Waals surface area contributed by atoms with Gasteiger partial charge in [-0.05, 0) is 30.7 Å². The monoisotopic (exact) mass is 511 g/mol. The summed E-state index contributed by atoms with van der Waals surface area (Å²) in [5, 5.41) is 7.42. The number of carbonyl (C=O) groups is 1. The van der Waals surface area contributed by atoms with Crippen LogP contribution in [0.1, 0.15) is 26.2 Å². The summed E-state index contributed by atoms with van der Waals surface area (Å²) in [6.07, 6.45) is 3.81. The van der Waals surface area contributed by atoms with Crippen molar-refractivity contribution in [1.82, 2.24) is 29.5 Å². The first-order valence-corrected chi connectivity index (χ1v) is 12.1. The largest absolute Gasteiger partial charge is 0.461 e. The number of nitrogens with one attached hydrogen (secondary N) is 1. The molecule has 0 aliphatic carbocycles. The fourth-order valence-electron chi connectivity index (χ4n) is 4.33. The van der Waals surface area contributed by atoms with Crippen molar-refractivity contribution >= 4 is 29.3 Å². The Morgan fingerprint density at radius 2 is 1.97 bits per heavy atom. The van der Waals surface area contributed by atoms with Gasteiger partial charge in [0.2, 0.25) is 23.6 Å². The first kappa shape index (κ1) is 24.4. The molecule has 1 atom stereocenters. The quantitative estimate of drug-likeness (QED) is 0.367. The van der Waals surface area contributed by atoms with Gasteiger partial charge in [0.25, 0.3) is 5.78 Å². The number of aromatic nitrogens is 5. The number of carbonyl (C=O) groups excluding carboxylic acids is 1. The van der Waals surface area contributed by atoms with E-state index < -0.39 is 17.7 Å². The molecule has 13 heteroatoms. The summed E-state index contributed by atoms with van der Waals surface area (Å²) in [7, 11) is 0. The van der Waals surface area contributed by atoms with Crippen molar-refractivity contribution in [2.45, 2.75) is 32.2 Å². The van der Waals surface area contributed by atoms with E-state index in [1.165, 1.54) is 22.9 Å². The van der Waals surface area contributed by atoms with Crippen molar-refractivity contribution in [3.05, 3.63) is 48.2 Å². The van der Waals surface area contributed by atoms with Crippen LogP contribution in [0.5, 0.6) is 0 Å². The van der Waals surface area contributed by atoms with Gasteiger partial charge in [0.1, 0.15) is 17.7 Å². The molecule has 5 rings (SSSR count). The Hall–Kier alpha value is -4.29. The SMILES string of the molecule is CCCC[C@H](Nc1nc(N)n2nc(-c3ccco3)nc2n1)C(=O)N1CCN(c2ccc(F)cc2F)CC1. The predicted octanol–water partition coefficient (Wildman–Crippen LogP) is 2.96. The molecule has 3 N–H and O–H groups in total. The Bertz CT molecular complexity index is 1380. The van der Waals surface area contributed by atoms with Crippen LogP contribution in [0.25, 0.3) is 17.4 Å². The van der Waals surface area contributed by atoms with Crippen LogP contribution in [0, 0.1) is 11.6 Å². The maximum atomic E-state index is 14.2. The van der Waals surface area contributed by atoms with Gasteiger partial charge >= 0.3 is 0 Å². The zero-order chi connectivity index (χ0) is 25.9. The summed E-state index contributed by atoms with van der Waals surface area (Å²) >= 11 is 0. The number of anilines is 3. The first-order chi connectivity index (χ1) is 17.9. The highest BCUT2D eigenvalue weighted by atomic mass is 19.1. The predicted molar refractivity (Wildman–Crippen MR) is 133 cm³/mol. The van der Waals surface area contributed by atoms with E-state index in [-0.39, 0.29) is 23.6 Å². The molecule has 0 spiro atoms. The molecular weight excluding hydrogens is 484 g/mol. The third-order valence-corrected chi connectivity index (χ3v) is 6.26. The minimum Gasteiger partial charge on any atom is -0.461 e. The molecule has 1 aliphatic heterocycles. The molecular formula is C24H27F2N9O2. The zero-order valence-corrected chi connectivity index (χ0v) is 20.3. The van der Waals surface area contributed by atoms with Crippen LogP contribution in [-0.4, -0.2) is 67.6 Å². The van der Waals surface area contributed by atoms with Crippen molar-refractivity contribution in [1.29, 1.82) is 0 Å². The van der Waals surface area contributed by atoms with E-state index in [9.17, 15) is 13.6 Å². The standard InChI is InChI=1S/C24H27F2N9O2/c1-2-3-5-17(21(36)34-11-9-33(10-12-34)18-8-7-15(25)14-16(18)26)28-23-30-22(27)35-24(31-23)29-20(32-35)19-6-4-13-37-19/h4,6-8,13-14,17H,2-3,5,9-12H2,1H3,(H3,27,28,29,30,31,32)/t17-/m0/s1. The number of piperazine rings is 1. The molecule has 3 aromatic heterocycles. The third kappa shape index (κ3) is 5.15. The van der Waals surface area contributed by atoms with E-state index in [4.69, 9.17) is 10.2 Å². The average molecular weight is 512 g/mol. The van der Waals surface area contributed by atoms with Crippen molar-refractivity contribution in [2.24, 2.45) is 0 Å². The Balaban J connectivity index is 1.30. The van der Waals surface area contributed by atoms with Crippen molar-refractivity contribution in [3.63, 3.8) is 0 Å². The van der Waals surface area contributed by atoms with Crippen LogP contribution in [0.4, 0.5) is 26.4 Å². The normalized spacial score (nSPS) is 14.8. The highest BCUT2D eigenvalue weighted by Gasteiger charge is 2.29. The molecule has 11 nitrogen and oxygen atoms in total. The van der Waals surface area contributed by atoms with Crippen LogP contribution >= 0.6 is 0 Å². The fraction of sp³-hybridized carbons (Fsp3) is 0.375. The Kier molecular flexibility index (Phi) is 6.84. The van der Waals surface area contributed by atoms with E-state index in [1.807, 2.05) is 11.8 Å². The lowest BCUT2D eigenvalue weighted by atomic mass is 10.1. The second-order valence-corrected chi connectivity index (χ2v) is 8.78. The van der Waals surface area contributed by atoms with Crippen LogP contribution in [0.2, 0.25) is 0 Å². The summed E-state index contributed by atoms with van der Waals surface area (Å²) < 4.78 is 34.1. The van der Waals surface area contributed by atoms with Crippen LogP contribution in [-0.2, 0) is 4.79 Å². The van der Waals surface area contributed by atoms with Gasteiger partial charge in [-0.15, -0.1) is 5.10 Å². The van der Waals surface area contributed by atoms with Crippen molar-refractivity contribution < 1.29 is 18.0 Å². The Morgan fingerprint density at radius 3 is 2.68 bits per heavy atom. The Labute approximate surface area is 211 Å². The zero-order valence-electron chi connectivity index (χ0n) is 20.3. The number of hydrogen-bond donors (Lipinski definition) is 2. The van der Waals surface area contributed by atoms with E-state index in [1.54, 1.807) is 17.0 Å². The smallest absolute Gasteiger partial charge is 0.259 e. The second-order valence-electron chi connectivity index (χ2n) is 8.78. The van der Waals surface area contributed by atoms with Crippen LogP contribution in [0.15, 0.2) is 41.0 Å². The Morgan fingerprint density at radius 1 is 1.16 bits per heavy atom. The fourth-order valence-corrected chi connectivity index (χ4v) is 4.33. The molecule has 0 radical (unpaired) electrons. The highest BCUT2D eigenvalue weighted by molar-refractivity contribution is 5.84. The lowest BCUT2D eigenvalue weighted by molar-refractivity contribution is -0.132.